The average Bonchev–Trinajstić information content (AvgIpc) is 2.64. The number of ether oxygens (including phenoxy) is 2. The highest BCUT2D eigenvalue weighted by Gasteiger charge is 2.37. The van der Waals surface area contributed by atoms with Crippen LogP contribution in [0, 0.1) is 0 Å². The molecule has 1 saturated heterocycles. The third-order valence-corrected chi connectivity index (χ3v) is 5.64. The van der Waals surface area contributed by atoms with Crippen LogP contribution in [0.15, 0.2) is 28.7 Å². The number of nitrogens with one attached hydrogen (secondary N) is 1. The number of rotatable bonds is 4. The number of halogens is 1. The van der Waals surface area contributed by atoms with Gasteiger partial charge in [-0.1, -0.05) is 28.1 Å². The van der Waals surface area contributed by atoms with E-state index >= 15 is 0 Å². The summed E-state index contributed by atoms with van der Waals surface area (Å²) < 4.78 is 12.2. The molecule has 0 spiro atoms. The zero-order valence-corrected chi connectivity index (χ0v) is 22.2. The van der Waals surface area contributed by atoms with E-state index < -0.39 is 11.2 Å². The van der Waals surface area contributed by atoms with E-state index in [2.05, 4.69) is 47.2 Å². The van der Waals surface area contributed by atoms with E-state index in [1.54, 1.807) is 9.80 Å². The second kappa shape index (κ2) is 10.00. The Kier molecular flexibility index (Phi) is 8.26. The molecule has 2 rings (SSSR count). The van der Waals surface area contributed by atoms with Crippen molar-refractivity contribution in [3.8, 4) is 0 Å². The fraction of sp³-hybridized carbons (Fsp3) is 0.667. The summed E-state index contributed by atoms with van der Waals surface area (Å²) in [6, 6.07) is 7.90. The average molecular weight is 512 g/mol. The molecule has 0 saturated carbocycles. The molecule has 8 heteroatoms. The van der Waals surface area contributed by atoms with Crippen LogP contribution in [-0.2, 0) is 15.0 Å². The van der Waals surface area contributed by atoms with Crippen molar-refractivity contribution in [3.05, 3.63) is 34.3 Å². The van der Waals surface area contributed by atoms with Gasteiger partial charge in [-0.3, -0.25) is 0 Å². The molecule has 1 atom stereocenters. The topological polar surface area (TPSA) is 71.1 Å². The van der Waals surface area contributed by atoms with Crippen LogP contribution < -0.4 is 5.32 Å². The summed E-state index contributed by atoms with van der Waals surface area (Å²) in [5, 5.41) is 3.58. The van der Waals surface area contributed by atoms with Gasteiger partial charge in [0.15, 0.2) is 0 Å². The van der Waals surface area contributed by atoms with Gasteiger partial charge < -0.3 is 24.6 Å². The first-order valence-electron chi connectivity index (χ1n) is 11.1. The lowest BCUT2D eigenvalue weighted by Crippen LogP contribution is -2.61. The molecule has 32 heavy (non-hydrogen) atoms. The molecule has 1 heterocycles. The van der Waals surface area contributed by atoms with Crippen molar-refractivity contribution >= 4 is 28.1 Å². The van der Waals surface area contributed by atoms with Gasteiger partial charge in [-0.15, -0.1) is 0 Å². The number of amides is 2. The summed E-state index contributed by atoms with van der Waals surface area (Å²) in [7, 11) is 0. The van der Waals surface area contributed by atoms with Gasteiger partial charge in [-0.25, -0.2) is 9.59 Å². The lowest BCUT2D eigenvalue weighted by molar-refractivity contribution is -0.0153. The zero-order valence-electron chi connectivity index (χ0n) is 20.6. The molecular weight excluding hydrogens is 474 g/mol. The predicted octanol–water partition coefficient (Wildman–Crippen LogP) is 5.13. The molecule has 1 N–H and O–H groups in total. The van der Waals surface area contributed by atoms with E-state index in [1.165, 1.54) is 0 Å². The predicted molar refractivity (Wildman–Crippen MR) is 130 cm³/mol. The van der Waals surface area contributed by atoms with E-state index in [1.807, 2.05) is 53.7 Å². The Bertz CT molecular complexity index is 797. The van der Waals surface area contributed by atoms with Gasteiger partial charge in [0.25, 0.3) is 0 Å². The van der Waals surface area contributed by atoms with Gasteiger partial charge in [0.05, 0.1) is 6.04 Å². The van der Waals surface area contributed by atoms with Crippen LogP contribution in [0.25, 0.3) is 0 Å². The third kappa shape index (κ3) is 7.96. The van der Waals surface area contributed by atoms with Gasteiger partial charge in [0.2, 0.25) is 0 Å². The Hall–Kier alpha value is -1.80. The van der Waals surface area contributed by atoms with E-state index in [4.69, 9.17) is 9.47 Å². The monoisotopic (exact) mass is 511 g/mol. The molecule has 1 aliphatic rings. The van der Waals surface area contributed by atoms with Crippen LogP contribution in [0.1, 0.15) is 61.0 Å². The highest BCUT2D eigenvalue weighted by atomic mass is 79.9. The van der Waals surface area contributed by atoms with Gasteiger partial charge in [-0.2, -0.15) is 0 Å². The van der Waals surface area contributed by atoms with Crippen molar-refractivity contribution in [2.45, 2.75) is 78.2 Å². The number of piperazine rings is 1. The quantitative estimate of drug-likeness (QED) is 0.606. The van der Waals surface area contributed by atoms with Crippen molar-refractivity contribution in [2.24, 2.45) is 0 Å². The molecule has 0 aromatic heterocycles. The summed E-state index contributed by atoms with van der Waals surface area (Å²) in [6.07, 6.45) is -0.729. The molecule has 2 amide bonds. The fourth-order valence-electron chi connectivity index (χ4n) is 3.42. The summed E-state index contributed by atoms with van der Waals surface area (Å²) >= 11 is 3.47. The van der Waals surface area contributed by atoms with Crippen molar-refractivity contribution in [2.75, 3.05) is 26.2 Å². The maximum Gasteiger partial charge on any atom is 0.410 e. The van der Waals surface area contributed by atoms with E-state index in [-0.39, 0.29) is 23.8 Å². The van der Waals surface area contributed by atoms with Gasteiger partial charge in [-0.05, 0) is 73.1 Å². The molecule has 0 radical (unpaired) electrons. The molecule has 1 unspecified atom stereocenters. The minimum Gasteiger partial charge on any atom is -0.444 e. The van der Waals surface area contributed by atoms with Crippen LogP contribution in [0.4, 0.5) is 9.59 Å². The summed E-state index contributed by atoms with van der Waals surface area (Å²) in [6.45, 7) is 17.0. The number of carbonyl (C=O) groups excluding carboxylic acids is 2. The molecule has 0 bridgehead atoms. The number of nitrogens with zero attached hydrogens (tertiary/aromatic N) is 2. The highest BCUT2D eigenvalue weighted by molar-refractivity contribution is 9.10. The van der Waals surface area contributed by atoms with E-state index in [0.717, 1.165) is 10.0 Å². The van der Waals surface area contributed by atoms with Gasteiger partial charge >= 0.3 is 12.2 Å². The van der Waals surface area contributed by atoms with Crippen LogP contribution in [0.3, 0.4) is 0 Å². The van der Waals surface area contributed by atoms with Crippen LogP contribution in [0.5, 0.6) is 0 Å². The van der Waals surface area contributed by atoms with Crippen molar-refractivity contribution < 1.29 is 19.1 Å². The SMILES string of the molecule is CC(C)(C)OC(=O)N1CCN(C(=O)OC(C)(C)C)C(CNC(C)(C)c2ccc(Br)cc2)C1. The van der Waals surface area contributed by atoms with E-state index in [9.17, 15) is 9.59 Å². The third-order valence-electron chi connectivity index (χ3n) is 5.11. The van der Waals surface area contributed by atoms with Crippen molar-refractivity contribution in [1.82, 2.24) is 15.1 Å². The molecule has 7 nitrogen and oxygen atoms in total. The Morgan fingerprint density at radius 1 is 0.938 bits per heavy atom. The minimum atomic E-state index is -0.589. The normalized spacial score (nSPS) is 17.8. The molecule has 180 valence electrons. The van der Waals surface area contributed by atoms with Gasteiger partial charge in [0, 0.05) is 36.2 Å². The number of hydrogen-bond acceptors (Lipinski definition) is 5. The minimum absolute atomic E-state index is 0.249. The lowest BCUT2D eigenvalue weighted by Gasteiger charge is -2.43. The summed E-state index contributed by atoms with van der Waals surface area (Å²) in [4.78, 5) is 29.0. The van der Waals surface area contributed by atoms with Crippen LogP contribution >= 0.6 is 15.9 Å². The molecular formula is C24H38BrN3O4. The van der Waals surface area contributed by atoms with Crippen molar-refractivity contribution in [3.63, 3.8) is 0 Å². The van der Waals surface area contributed by atoms with Crippen LogP contribution in [0.2, 0.25) is 0 Å². The molecule has 0 aliphatic carbocycles. The molecule has 1 aliphatic heterocycles. The van der Waals surface area contributed by atoms with Crippen LogP contribution in [-0.4, -0.2) is 65.4 Å². The largest absolute Gasteiger partial charge is 0.444 e. The lowest BCUT2D eigenvalue weighted by atomic mass is 9.94. The summed E-state index contributed by atoms with van der Waals surface area (Å²) in [5.74, 6) is 0. The first-order valence-corrected chi connectivity index (χ1v) is 11.9. The number of benzene rings is 1. The van der Waals surface area contributed by atoms with Gasteiger partial charge in [0.1, 0.15) is 11.2 Å². The fourth-order valence-corrected chi connectivity index (χ4v) is 3.69. The Labute approximate surface area is 200 Å². The molecule has 1 aromatic rings. The molecule has 1 aromatic carbocycles. The molecule has 1 fully saturated rings. The Balaban J connectivity index is 2.16. The maximum absolute atomic E-state index is 12.9. The van der Waals surface area contributed by atoms with E-state index in [0.29, 0.717) is 26.2 Å². The Morgan fingerprint density at radius 3 is 2.00 bits per heavy atom. The Morgan fingerprint density at radius 2 is 1.47 bits per heavy atom. The number of hydrogen-bond donors (Lipinski definition) is 1. The maximum atomic E-state index is 12.9. The standard InChI is InChI=1S/C24H38BrN3O4/c1-22(2,3)31-20(29)27-13-14-28(21(30)32-23(4,5)6)19(16-27)15-26-24(7,8)17-9-11-18(25)12-10-17/h9-12,19,26H,13-16H2,1-8H3. The summed E-state index contributed by atoms with van der Waals surface area (Å²) in [5.41, 5.74) is -0.358. The zero-order chi connectivity index (χ0) is 24.3. The smallest absolute Gasteiger partial charge is 0.410 e. The second-order valence-corrected chi connectivity index (χ2v) is 11.7. The first-order chi connectivity index (χ1) is 14.6. The number of carbonyl (C=O) groups is 2. The second-order valence-electron chi connectivity index (χ2n) is 10.8. The first kappa shape index (κ1) is 26.5. The van der Waals surface area contributed by atoms with Crippen molar-refractivity contribution in [1.29, 1.82) is 0 Å². The highest BCUT2D eigenvalue weighted by Crippen LogP contribution is 2.24.